The highest BCUT2D eigenvalue weighted by Gasteiger charge is 2.27. The van der Waals surface area contributed by atoms with Crippen molar-refractivity contribution in [2.24, 2.45) is 0 Å². The summed E-state index contributed by atoms with van der Waals surface area (Å²) in [5.74, 6) is -0.421. The third kappa shape index (κ3) is 5.80. The topological polar surface area (TPSA) is 39.7 Å². The number of ether oxygens (including phenoxy) is 3. The van der Waals surface area contributed by atoms with E-state index in [0.717, 1.165) is 26.2 Å². The number of unbranched alkanes of at least 4 members (excludes halogenated alkanes) is 1. The molecular formula is C12H25NO3. The molecule has 4 nitrogen and oxygen atoms in total. The van der Waals surface area contributed by atoms with Crippen molar-refractivity contribution in [1.82, 2.24) is 5.32 Å². The number of hydrogen-bond donors (Lipinski definition) is 1. The van der Waals surface area contributed by atoms with E-state index in [1.807, 2.05) is 13.8 Å². The largest absolute Gasteiger partial charge is 0.380 e. The van der Waals surface area contributed by atoms with E-state index in [1.54, 1.807) is 0 Å². The molecule has 0 atom stereocenters. The SMILES string of the molecule is CCCCOCCNC1COC(C)(C)OC1. The highest BCUT2D eigenvalue weighted by molar-refractivity contribution is 4.72. The third-order valence-corrected chi connectivity index (χ3v) is 2.59. The van der Waals surface area contributed by atoms with Gasteiger partial charge in [0.25, 0.3) is 0 Å². The minimum Gasteiger partial charge on any atom is -0.380 e. The van der Waals surface area contributed by atoms with E-state index in [-0.39, 0.29) is 0 Å². The summed E-state index contributed by atoms with van der Waals surface area (Å²) in [6.45, 7) is 9.96. The van der Waals surface area contributed by atoms with Gasteiger partial charge in [-0.1, -0.05) is 13.3 Å². The predicted molar refractivity (Wildman–Crippen MR) is 63.5 cm³/mol. The first-order valence-corrected chi connectivity index (χ1v) is 6.23. The van der Waals surface area contributed by atoms with Crippen molar-refractivity contribution in [3.05, 3.63) is 0 Å². The highest BCUT2D eigenvalue weighted by Crippen LogP contribution is 2.16. The van der Waals surface area contributed by atoms with E-state index < -0.39 is 5.79 Å². The first-order valence-electron chi connectivity index (χ1n) is 6.23. The van der Waals surface area contributed by atoms with E-state index in [2.05, 4.69) is 12.2 Å². The van der Waals surface area contributed by atoms with Gasteiger partial charge in [-0.2, -0.15) is 0 Å². The summed E-state index contributed by atoms with van der Waals surface area (Å²) in [7, 11) is 0. The van der Waals surface area contributed by atoms with Gasteiger partial charge in [-0.05, 0) is 20.3 Å². The van der Waals surface area contributed by atoms with Gasteiger partial charge < -0.3 is 19.5 Å². The Morgan fingerprint density at radius 3 is 2.56 bits per heavy atom. The second kappa shape index (κ2) is 7.22. The molecule has 0 aliphatic carbocycles. The molecule has 0 aromatic carbocycles. The Hall–Kier alpha value is -0.160. The standard InChI is InChI=1S/C12H25NO3/c1-4-5-7-14-8-6-13-11-9-15-12(2,3)16-10-11/h11,13H,4-10H2,1-3H3. The van der Waals surface area contributed by atoms with E-state index in [9.17, 15) is 0 Å². The molecule has 16 heavy (non-hydrogen) atoms. The van der Waals surface area contributed by atoms with Gasteiger partial charge in [-0.15, -0.1) is 0 Å². The van der Waals surface area contributed by atoms with E-state index >= 15 is 0 Å². The summed E-state index contributed by atoms with van der Waals surface area (Å²) in [4.78, 5) is 0. The van der Waals surface area contributed by atoms with Gasteiger partial charge in [0.2, 0.25) is 0 Å². The zero-order valence-corrected chi connectivity index (χ0v) is 10.8. The Morgan fingerprint density at radius 1 is 1.25 bits per heavy atom. The maximum Gasteiger partial charge on any atom is 0.162 e. The van der Waals surface area contributed by atoms with Crippen LogP contribution in [0.15, 0.2) is 0 Å². The smallest absolute Gasteiger partial charge is 0.162 e. The lowest BCUT2D eigenvalue weighted by Crippen LogP contribution is -2.49. The van der Waals surface area contributed by atoms with Gasteiger partial charge in [-0.3, -0.25) is 0 Å². The minimum atomic E-state index is -0.421. The fourth-order valence-electron chi connectivity index (χ4n) is 1.49. The van der Waals surface area contributed by atoms with Crippen LogP contribution in [0, 0.1) is 0 Å². The lowest BCUT2D eigenvalue weighted by atomic mass is 10.2. The summed E-state index contributed by atoms with van der Waals surface area (Å²) in [5, 5.41) is 3.36. The van der Waals surface area contributed by atoms with Crippen LogP contribution >= 0.6 is 0 Å². The Labute approximate surface area is 98.6 Å². The lowest BCUT2D eigenvalue weighted by Gasteiger charge is -2.35. The molecule has 0 saturated carbocycles. The summed E-state index contributed by atoms with van der Waals surface area (Å²) in [6, 6.07) is 0.294. The molecule has 4 heteroatoms. The van der Waals surface area contributed by atoms with E-state index in [0.29, 0.717) is 19.3 Å². The van der Waals surface area contributed by atoms with Crippen molar-refractivity contribution in [3.8, 4) is 0 Å². The molecule has 1 N–H and O–H groups in total. The Balaban J connectivity index is 1.94. The average Bonchev–Trinajstić information content (AvgIpc) is 2.25. The second-order valence-electron chi connectivity index (χ2n) is 4.64. The molecule has 0 aromatic heterocycles. The molecule has 1 rings (SSSR count). The quantitative estimate of drug-likeness (QED) is 0.675. The summed E-state index contributed by atoms with van der Waals surface area (Å²) >= 11 is 0. The molecular weight excluding hydrogens is 206 g/mol. The molecule has 0 amide bonds. The second-order valence-corrected chi connectivity index (χ2v) is 4.64. The molecule has 1 aliphatic heterocycles. The zero-order valence-electron chi connectivity index (χ0n) is 10.8. The van der Waals surface area contributed by atoms with Crippen LogP contribution in [0.3, 0.4) is 0 Å². The van der Waals surface area contributed by atoms with Crippen LogP contribution in [-0.2, 0) is 14.2 Å². The van der Waals surface area contributed by atoms with Crippen LogP contribution in [0.25, 0.3) is 0 Å². The molecule has 96 valence electrons. The molecule has 1 saturated heterocycles. The van der Waals surface area contributed by atoms with Crippen molar-refractivity contribution in [1.29, 1.82) is 0 Å². The van der Waals surface area contributed by atoms with Gasteiger partial charge in [0.15, 0.2) is 5.79 Å². The number of nitrogens with one attached hydrogen (secondary N) is 1. The van der Waals surface area contributed by atoms with Gasteiger partial charge in [0.1, 0.15) is 0 Å². The molecule has 0 bridgehead atoms. The predicted octanol–water partition coefficient (Wildman–Crippen LogP) is 1.54. The number of hydrogen-bond acceptors (Lipinski definition) is 4. The summed E-state index contributed by atoms with van der Waals surface area (Å²) in [5.41, 5.74) is 0. The molecule has 0 radical (unpaired) electrons. The van der Waals surface area contributed by atoms with Crippen LogP contribution in [0.1, 0.15) is 33.6 Å². The Morgan fingerprint density at radius 2 is 1.94 bits per heavy atom. The lowest BCUT2D eigenvalue weighted by molar-refractivity contribution is -0.252. The molecule has 0 spiro atoms. The highest BCUT2D eigenvalue weighted by atomic mass is 16.7. The third-order valence-electron chi connectivity index (χ3n) is 2.59. The van der Waals surface area contributed by atoms with Gasteiger partial charge in [-0.25, -0.2) is 0 Å². The Kier molecular flexibility index (Phi) is 6.28. The van der Waals surface area contributed by atoms with Crippen LogP contribution in [0.4, 0.5) is 0 Å². The average molecular weight is 231 g/mol. The molecule has 1 aliphatic rings. The van der Waals surface area contributed by atoms with Crippen molar-refractivity contribution in [2.75, 3.05) is 33.0 Å². The summed E-state index contributed by atoms with van der Waals surface area (Å²) in [6.07, 6.45) is 2.33. The molecule has 0 aromatic rings. The normalized spacial score (nSPS) is 21.2. The van der Waals surface area contributed by atoms with Crippen molar-refractivity contribution >= 4 is 0 Å². The van der Waals surface area contributed by atoms with Crippen molar-refractivity contribution in [3.63, 3.8) is 0 Å². The molecule has 1 fully saturated rings. The van der Waals surface area contributed by atoms with Crippen LogP contribution < -0.4 is 5.32 Å². The Bertz CT molecular complexity index is 175. The van der Waals surface area contributed by atoms with Gasteiger partial charge >= 0.3 is 0 Å². The maximum atomic E-state index is 5.55. The van der Waals surface area contributed by atoms with Crippen LogP contribution in [0.2, 0.25) is 0 Å². The fraction of sp³-hybridized carbons (Fsp3) is 1.00. The van der Waals surface area contributed by atoms with Crippen molar-refractivity contribution < 1.29 is 14.2 Å². The first-order chi connectivity index (χ1) is 7.64. The zero-order chi connectivity index (χ0) is 11.9. The van der Waals surface area contributed by atoms with Gasteiger partial charge in [0, 0.05) is 13.2 Å². The molecule has 0 unspecified atom stereocenters. The fourth-order valence-corrected chi connectivity index (χ4v) is 1.49. The minimum absolute atomic E-state index is 0.294. The van der Waals surface area contributed by atoms with Crippen molar-refractivity contribution in [2.45, 2.75) is 45.4 Å². The molecule has 1 heterocycles. The monoisotopic (exact) mass is 231 g/mol. The van der Waals surface area contributed by atoms with Gasteiger partial charge in [0.05, 0.1) is 25.9 Å². The van der Waals surface area contributed by atoms with E-state index in [4.69, 9.17) is 14.2 Å². The first kappa shape index (κ1) is 13.9. The summed E-state index contributed by atoms with van der Waals surface area (Å²) < 4.78 is 16.6. The van der Waals surface area contributed by atoms with Crippen LogP contribution in [0.5, 0.6) is 0 Å². The number of rotatable bonds is 7. The van der Waals surface area contributed by atoms with E-state index in [1.165, 1.54) is 6.42 Å². The maximum absolute atomic E-state index is 5.55. The van der Waals surface area contributed by atoms with Crippen LogP contribution in [-0.4, -0.2) is 44.8 Å².